The Kier molecular flexibility index (Phi) is 3.16. The molecular weight excluding hydrogens is 424 g/mol. The van der Waals surface area contributed by atoms with Gasteiger partial charge in [0.2, 0.25) is 0 Å². The van der Waals surface area contributed by atoms with Crippen molar-refractivity contribution in [1.29, 1.82) is 0 Å². The predicted octanol–water partition coefficient (Wildman–Crippen LogP) is 7.94. The Bertz CT molecular complexity index is 2060. The van der Waals surface area contributed by atoms with Gasteiger partial charge in [0, 0.05) is 22.8 Å². The Hall–Kier alpha value is -4.43. The molecule has 0 N–H and O–H groups in total. The summed E-state index contributed by atoms with van der Waals surface area (Å²) in [6, 6.07) is 35.4. The van der Waals surface area contributed by atoms with Crippen molar-refractivity contribution in [3.05, 3.63) is 119 Å². The van der Waals surface area contributed by atoms with Gasteiger partial charge in [-0.05, 0) is 56.8 Å². The van der Waals surface area contributed by atoms with E-state index in [4.69, 9.17) is 4.98 Å². The van der Waals surface area contributed by atoms with E-state index in [2.05, 4.69) is 101 Å². The highest BCUT2D eigenvalue weighted by Gasteiger charge is 2.34. The highest BCUT2D eigenvalue weighted by Crippen LogP contribution is 2.52. The van der Waals surface area contributed by atoms with Crippen LogP contribution in [0.4, 0.5) is 0 Å². The maximum atomic E-state index is 5.46. The Labute approximate surface area is 202 Å². The lowest BCUT2D eigenvalue weighted by atomic mass is 9.93. The summed E-state index contributed by atoms with van der Waals surface area (Å²) in [4.78, 5) is 5.46. The molecule has 2 heterocycles. The van der Waals surface area contributed by atoms with Crippen molar-refractivity contribution in [2.45, 2.75) is 12.8 Å². The van der Waals surface area contributed by atoms with E-state index >= 15 is 0 Å². The average Bonchev–Trinajstić information content (AvgIpc) is 3.60. The molecule has 7 aromatic rings. The molecule has 0 aliphatic heterocycles. The molecule has 2 aliphatic rings. The van der Waals surface area contributed by atoms with Crippen LogP contribution in [-0.4, -0.2) is 9.38 Å². The summed E-state index contributed by atoms with van der Waals surface area (Å²) in [5, 5.41) is 3.76. The number of benzene rings is 5. The third-order valence-corrected chi connectivity index (χ3v) is 8.22. The van der Waals surface area contributed by atoms with Crippen LogP contribution in [0.3, 0.4) is 0 Å². The van der Waals surface area contributed by atoms with E-state index in [-0.39, 0.29) is 0 Å². The molecule has 2 aromatic heterocycles. The minimum atomic E-state index is 0.950. The van der Waals surface area contributed by atoms with E-state index in [1.165, 1.54) is 71.7 Å². The smallest absolute Gasteiger partial charge is 0.146 e. The van der Waals surface area contributed by atoms with Crippen molar-refractivity contribution in [3.8, 4) is 22.3 Å². The first-order chi connectivity index (χ1) is 17.4. The summed E-state index contributed by atoms with van der Waals surface area (Å²) in [7, 11) is 0. The minimum Gasteiger partial charge on any atom is -0.291 e. The Morgan fingerprint density at radius 1 is 0.543 bits per heavy atom. The molecule has 2 nitrogen and oxygen atoms in total. The predicted molar refractivity (Wildman–Crippen MR) is 144 cm³/mol. The summed E-state index contributed by atoms with van der Waals surface area (Å²) in [6.45, 7) is 0. The molecule has 0 bridgehead atoms. The zero-order chi connectivity index (χ0) is 22.7. The lowest BCUT2D eigenvalue weighted by molar-refractivity contribution is 1.24. The van der Waals surface area contributed by atoms with Crippen molar-refractivity contribution in [2.24, 2.45) is 0 Å². The van der Waals surface area contributed by atoms with Gasteiger partial charge >= 0.3 is 0 Å². The molecule has 9 rings (SSSR count). The summed E-state index contributed by atoms with van der Waals surface area (Å²) in [5.41, 5.74) is 16.0. The summed E-state index contributed by atoms with van der Waals surface area (Å²) < 4.78 is 2.46. The van der Waals surface area contributed by atoms with E-state index in [9.17, 15) is 0 Å². The van der Waals surface area contributed by atoms with Gasteiger partial charge in [-0.15, -0.1) is 0 Å². The number of rotatable bonds is 0. The molecule has 0 amide bonds. The lowest BCUT2D eigenvalue weighted by Crippen LogP contribution is -1.95. The van der Waals surface area contributed by atoms with E-state index in [1.807, 2.05) is 0 Å². The molecule has 0 unspecified atom stereocenters. The quantitative estimate of drug-likeness (QED) is 0.217. The maximum Gasteiger partial charge on any atom is 0.146 e. The van der Waals surface area contributed by atoms with Crippen LogP contribution in [0.25, 0.3) is 60.6 Å². The second kappa shape index (κ2) is 6.17. The summed E-state index contributed by atoms with van der Waals surface area (Å²) >= 11 is 0. The fourth-order valence-corrected chi connectivity index (χ4v) is 6.84. The molecule has 35 heavy (non-hydrogen) atoms. The molecule has 2 heteroatoms. The third kappa shape index (κ3) is 2.10. The van der Waals surface area contributed by atoms with E-state index in [1.54, 1.807) is 0 Å². The fraction of sp³-hybridized carbons (Fsp3) is 0.0606. The molecule has 5 aromatic carbocycles. The van der Waals surface area contributed by atoms with Crippen LogP contribution in [0.1, 0.15) is 22.3 Å². The van der Waals surface area contributed by atoms with Crippen molar-refractivity contribution in [2.75, 3.05) is 0 Å². The molecule has 0 atom stereocenters. The number of hydrogen-bond donors (Lipinski definition) is 0. The first-order valence-corrected chi connectivity index (χ1v) is 12.3. The van der Waals surface area contributed by atoms with Gasteiger partial charge < -0.3 is 0 Å². The minimum absolute atomic E-state index is 0.950. The van der Waals surface area contributed by atoms with E-state index in [0.717, 1.165) is 24.0 Å². The van der Waals surface area contributed by atoms with E-state index < -0.39 is 0 Å². The van der Waals surface area contributed by atoms with Crippen molar-refractivity contribution < 1.29 is 0 Å². The van der Waals surface area contributed by atoms with Crippen LogP contribution in [0.2, 0.25) is 0 Å². The lowest BCUT2D eigenvalue weighted by Gasteiger charge is -2.13. The second-order valence-electron chi connectivity index (χ2n) is 9.91. The number of pyridine rings is 1. The topological polar surface area (TPSA) is 17.3 Å². The molecule has 0 fully saturated rings. The van der Waals surface area contributed by atoms with Gasteiger partial charge in [0.25, 0.3) is 0 Å². The van der Waals surface area contributed by atoms with Gasteiger partial charge in [-0.3, -0.25) is 4.40 Å². The molecule has 0 saturated carbocycles. The Morgan fingerprint density at radius 2 is 1.14 bits per heavy atom. The highest BCUT2D eigenvalue weighted by atomic mass is 15.0. The van der Waals surface area contributed by atoms with E-state index in [0.29, 0.717) is 0 Å². The number of imidazole rings is 1. The Balaban J connectivity index is 1.60. The van der Waals surface area contributed by atoms with Crippen LogP contribution in [0.15, 0.2) is 97.1 Å². The van der Waals surface area contributed by atoms with Crippen molar-refractivity contribution in [3.63, 3.8) is 0 Å². The Morgan fingerprint density at radius 3 is 1.94 bits per heavy atom. The fourth-order valence-electron chi connectivity index (χ4n) is 6.84. The first kappa shape index (κ1) is 18.0. The standard InChI is InChI=1S/C33H20N2/c1-3-11-21-20(10-1)18-27-29(21)26-17-19-9-2-4-12-22(19)30(26)32-31(27)34-33-25-15-6-5-13-23(25)24-14-7-8-16-28(24)35(32)33/h1-16H,17-18H2. The van der Waals surface area contributed by atoms with Gasteiger partial charge in [-0.25, -0.2) is 4.98 Å². The van der Waals surface area contributed by atoms with Crippen LogP contribution >= 0.6 is 0 Å². The molecular formula is C33H20N2. The largest absolute Gasteiger partial charge is 0.291 e. The van der Waals surface area contributed by atoms with Gasteiger partial charge in [-0.1, -0.05) is 91.0 Å². The van der Waals surface area contributed by atoms with Gasteiger partial charge in [0.05, 0.1) is 16.6 Å². The molecule has 2 aliphatic carbocycles. The summed E-state index contributed by atoms with van der Waals surface area (Å²) in [5.74, 6) is 0. The molecule has 162 valence electrons. The maximum absolute atomic E-state index is 5.46. The van der Waals surface area contributed by atoms with Crippen molar-refractivity contribution in [1.82, 2.24) is 9.38 Å². The van der Waals surface area contributed by atoms with Crippen LogP contribution in [0, 0.1) is 0 Å². The van der Waals surface area contributed by atoms with Crippen molar-refractivity contribution >= 4 is 38.4 Å². The third-order valence-electron chi connectivity index (χ3n) is 8.22. The second-order valence-corrected chi connectivity index (χ2v) is 9.91. The molecule has 0 saturated heterocycles. The monoisotopic (exact) mass is 444 g/mol. The zero-order valence-electron chi connectivity index (χ0n) is 19.0. The summed E-state index contributed by atoms with van der Waals surface area (Å²) in [6.07, 6.45) is 1.93. The van der Waals surface area contributed by atoms with Gasteiger partial charge in [0.15, 0.2) is 0 Å². The van der Waals surface area contributed by atoms with Crippen LogP contribution in [-0.2, 0) is 12.8 Å². The van der Waals surface area contributed by atoms with Crippen LogP contribution < -0.4 is 0 Å². The zero-order valence-corrected chi connectivity index (χ0v) is 19.0. The first-order valence-electron chi connectivity index (χ1n) is 12.3. The highest BCUT2D eigenvalue weighted by molar-refractivity contribution is 6.17. The van der Waals surface area contributed by atoms with Gasteiger partial charge in [0.1, 0.15) is 5.65 Å². The normalized spacial score (nSPS) is 13.5. The molecule has 0 spiro atoms. The molecule has 0 radical (unpaired) electrons. The SMILES string of the molecule is c1ccc2c(c1)Cc1c-2c2c(c3c1nc1c4ccccc4c4ccccc4n13)-c1ccccc1C2. The number of nitrogens with zero attached hydrogens (tertiary/aromatic N) is 2. The number of fused-ring (bicyclic) bond motifs is 17. The number of hydrogen-bond acceptors (Lipinski definition) is 1. The average molecular weight is 445 g/mol. The van der Waals surface area contributed by atoms with Gasteiger partial charge in [-0.2, -0.15) is 0 Å². The van der Waals surface area contributed by atoms with Crippen LogP contribution in [0.5, 0.6) is 0 Å². The number of para-hydroxylation sites is 1. The number of aromatic nitrogens is 2.